The first-order valence-electron chi connectivity index (χ1n) is 8.46. The molecule has 0 radical (unpaired) electrons. The third-order valence-corrected chi connectivity index (χ3v) is 5.89. The zero-order chi connectivity index (χ0) is 20.5. The molecule has 0 unspecified atom stereocenters. The lowest BCUT2D eigenvalue weighted by Crippen LogP contribution is -2.06. The summed E-state index contributed by atoms with van der Waals surface area (Å²) in [4.78, 5) is 8.37. The van der Waals surface area contributed by atoms with Gasteiger partial charge in [0.15, 0.2) is 9.84 Å². The van der Waals surface area contributed by atoms with Crippen LogP contribution in [0.15, 0.2) is 41.6 Å². The highest BCUT2D eigenvalue weighted by Crippen LogP contribution is 2.27. The van der Waals surface area contributed by atoms with E-state index in [1.54, 1.807) is 37.8 Å². The highest BCUT2D eigenvalue weighted by molar-refractivity contribution is 7.91. The summed E-state index contributed by atoms with van der Waals surface area (Å²) in [7, 11) is -1.62. The van der Waals surface area contributed by atoms with Crippen LogP contribution in [0.25, 0.3) is 11.3 Å². The van der Waals surface area contributed by atoms with Crippen molar-refractivity contribution in [3.05, 3.63) is 47.9 Å². The van der Waals surface area contributed by atoms with E-state index >= 15 is 0 Å². The van der Waals surface area contributed by atoms with Crippen LogP contribution in [0.4, 0.5) is 20.4 Å². The Morgan fingerprint density at radius 2 is 1.96 bits per heavy atom. The first kappa shape index (κ1) is 19.9. The van der Waals surface area contributed by atoms with E-state index < -0.39 is 22.0 Å². The summed E-state index contributed by atoms with van der Waals surface area (Å²) in [5, 5.41) is 6.93. The Balaban J connectivity index is 1.99. The van der Waals surface area contributed by atoms with Crippen molar-refractivity contribution in [2.45, 2.75) is 25.2 Å². The normalized spacial score (nSPS) is 11.8. The second-order valence-electron chi connectivity index (χ2n) is 6.21. The average molecular weight is 407 g/mol. The Morgan fingerprint density at radius 1 is 1.21 bits per heavy atom. The summed E-state index contributed by atoms with van der Waals surface area (Å²) >= 11 is 0. The third kappa shape index (κ3) is 4.16. The number of rotatable bonds is 6. The largest absolute Gasteiger partial charge is 0.324 e. The first-order valence-corrected chi connectivity index (χ1v) is 10.1. The van der Waals surface area contributed by atoms with E-state index in [2.05, 4.69) is 20.4 Å². The summed E-state index contributed by atoms with van der Waals surface area (Å²) < 4.78 is 52.1. The van der Waals surface area contributed by atoms with Gasteiger partial charge >= 0.3 is 0 Å². The zero-order valence-corrected chi connectivity index (χ0v) is 16.3. The van der Waals surface area contributed by atoms with Gasteiger partial charge in [0.2, 0.25) is 5.95 Å². The van der Waals surface area contributed by atoms with Crippen molar-refractivity contribution in [3.8, 4) is 11.3 Å². The maximum absolute atomic E-state index is 13.3. The van der Waals surface area contributed by atoms with Gasteiger partial charge in [-0.15, -0.1) is 0 Å². The zero-order valence-electron chi connectivity index (χ0n) is 15.5. The summed E-state index contributed by atoms with van der Waals surface area (Å²) in [5.74, 6) is -0.0152. The predicted octanol–water partition coefficient (Wildman–Crippen LogP) is 3.66. The second-order valence-corrected chi connectivity index (χ2v) is 8.49. The van der Waals surface area contributed by atoms with Crippen LogP contribution in [0.5, 0.6) is 0 Å². The summed E-state index contributed by atoms with van der Waals surface area (Å²) in [6, 6.07) is 5.78. The van der Waals surface area contributed by atoms with Gasteiger partial charge in [-0.1, -0.05) is 6.92 Å². The van der Waals surface area contributed by atoms with Crippen LogP contribution >= 0.6 is 0 Å². The number of sulfone groups is 1. The fourth-order valence-corrected chi connectivity index (χ4v) is 3.56. The number of benzene rings is 1. The molecule has 0 spiro atoms. The molecule has 0 amide bonds. The lowest BCUT2D eigenvalue weighted by atomic mass is 10.2. The minimum absolute atomic E-state index is 0.00672. The molecule has 3 aromatic rings. The van der Waals surface area contributed by atoms with Crippen molar-refractivity contribution in [1.29, 1.82) is 0 Å². The number of anilines is 2. The molecule has 0 atom stereocenters. The van der Waals surface area contributed by atoms with Crippen LogP contribution in [0.1, 0.15) is 24.6 Å². The molecule has 10 heteroatoms. The number of aromatic nitrogens is 4. The highest BCUT2D eigenvalue weighted by Gasteiger charge is 2.17. The molecule has 2 aromatic heterocycles. The number of hydrogen-bond donors (Lipinski definition) is 1. The molecule has 148 valence electrons. The van der Waals surface area contributed by atoms with Gasteiger partial charge in [-0.2, -0.15) is 5.10 Å². The van der Waals surface area contributed by atoms with Gasteiger partial charge in [0, 0.05) is 24.5 Å². The fourth-order valence-electron chi connectivity index (χ4n) is 2.59. The molecule has 3 rings (SSSR count). The average Bonchev–Trinajstić information content (AvgIpc) is 3.09. The molecule has 2 heterocycles. The van der Waals surface area contributed by atoms with E-state index in [1.807, 2.05) is 0 Å². The highest BCUT2D eigenvalue weighted by atomic mass is 32.2. The van der Waals surface area contributed by atoms with E-state index in [-0.39, 0.29) is 16.6 Å². The monoisotopic (exact) mass is 407 g/mol. The number of aryl methyl sites for hydroxylation is 2. The van der Waals surface area contributed by atoms with Gasteiger partial charge in [0.05, 0.1) is 22.5 Å². The number of halogens is 2. The molecular formula is C18H19F2N5O2S. The molecule has 0 aliphatic heterocycles. The molecule has 28 heavy (non-hydrogen) atoms. The molecule has 7 nitrogen and oxygen atoms in total. The SMILES string of the molecule is CCS(=O)(=O)c1ccc(Nc2nc(-c3cnn(C)c3)cc(C(F)F)n2)c(C)c1. The molecule has 0 saturated heterocycles. The van der Waals surface area contributed by atoms with Crippen molar-refractivity contribution < 1.29 is 17.2 Å². The fraction of sp³-hybridized carbons (Fsp3) is 0.278. The van der Waals surface area contributed by atoms with Gasteiger partial charge in [-0.3, -0.25) is 4.68 Å². The maximum atomic E-state index is 13.3. The van der Waals surface area contributed by atoms with Crippen LogP contribution < -0.4 is 5.32 Å². The Labute approximate surface area is 161 Å². The standard InChI is InChI=1S/C18H19F2N5O2S/c1-4-28(26,27)13-5-6-14(11(2)7-13)22-18-23-15(8-16(24-18)17(19)20)12-9-21-25(3)10-12/h5-10,17H,4H2,1-3H3,(H,22,23,24). The summed E-state index contributed by atoms with van der Waals surface area (Å²) in [5.41, 5.74) is 1.63. The smallest absolute Gasteiger partial charge is 0.280 e. The number of hydrogen-bond acceptors (Lipinski definition) is 6. The molecule has 0 fully saturated rings. The molecule has 1 N–H and O–H groups in total. The number of nitrogens with zero attached hydrogens (tertiary/aromatic N) is 4. The van der Waals surface area contributed by atoms with Crippen molar-refractivity contribution >= 4 is 21.5 Å². The Bertz CT molecular complexity index is 1110. The summed E-state index contributed by atoms with van der Waals surface area (Å²) in [6.45, 7) is 3.29. The van der Waals surface area contributed by atoms with Crippen LogP contribution in [0, 0.1) is 6.92 Å². The summed E-state index contributed by atoms with van der Waals surface area (Å²) in [6.07, 6.45) is 0.422. The van der Waals surface area contributed by atoms with Gasteiger partial charge in [-0.05, 0) is 36.8 Å². The number of nitrogens with one attached hydrogen (secondary N) is 1. The van der Waals surface area contributed by atoms with Crippen LogP contribution in [-0.2, 0) is 16.9 Å². The molecule has 0 saturated carbocycles. The lowest BCUT2D eigenvalue weighted by molar-refractivity contribution is 0.146. The molecule has 0 aliphatic carbocycles. The van der Waals surface area contributed by atoms with E-state index in [0.29, 0.717) is 22.5 Å². The quantitative estimate of drug-likeness (QED) is 0.671. The Kier molecular flexibility index (Phi) is 5.41. The topological polar surface area (TPSA) is 89.8 Å². The third-order valence-electron chi connectivity index (χ3n) is 4.15. The van der Waals surface area contributed by atoms with Gasteiger partial charge in [0.1, 0.15) is 5.69 Å². The minimum Gasteiger partial charge on any atom is -0.324 e. The predicted molar refractivity (Wildman–Crippen MR) is 101 cm³/mol. The van der Waals surface area contributed by atoms with E-state index in [9.17, 15) is 17.2 Å². The molecule has 1 aromatic carbocycles. The van der Waals surface area contributed by atoms with Crippen molar-refractivity contribution in [3.63, 3.8) is 0 Å². The van der Waals surface area contributed by atoms with E-state index in [1.165, 1.54) is 24.4 Å². The maximum Gasteiger partial charge on any atom is 0.280 e. The first-order chi connectivity index (χ1) is 13.2. The van der Waals surface area contributed by atoms with Crippen LogP contribution in [0.2, 0.25) is 0 Å². The Morgan fingerprint density at radius 3 is 2.54 bits per heavy atom. The van der Waals surface area contributed by atoms with Gasteiger partial charge in [0.25, 0.3) is 6.43 Å². The minimum atomic E-state index is -3.34. The second kappa shape index (κ2) is 7.63. The molecule has 0 aliphatic rings. The lowest BCUT2D eigenvalue weighted by Gasteiger charge is -2.12. The van der Waals surface area contributed by atoms with Crippen molar-refractivity contribution in [1.82, 2.24) is 19.7 Å². The Hall–Kier alpha value is -2.88. The van der Waals surface area contributed by atoms with Gasteiger partial charge in [-0.25, -0.2) is 27.2 Å². The van der Waals surface area contributed by atoms with Gasteiger partial charge < -0.3 is 5.32 Å². The van der Waals surface area contributed by atoms with Crippen molar-refractivity contribution in [2.24, 2.45) is 7.05 Å². The molecular weight excluding hydrogens is 388 g/mol. The van der Waals surface area contributed by atoms with E-state index in [0.717, 1.165) is 0 Å². The van der Waals surface area contributed by atoms with E-state index in [4.69, 9.17) is 0 Å². The molecule has 0 bridgehead atoms. The van der Waals surface area contributed by atoms with Crippen LogP contribution in [-0.4, -0.2) is 33.9 Å². The van der Waals surface area contributed by atoms with Crippen molar-refractivity contribution in [2.75, 3.05) is 11.1 Å². The number of alkyl halides is 2. The van der Waals surface area contributed by atoms with Crippen LogP contribution in [0.3, 0.4) is 0 Å².